The Balaban J connectivity index is 2.24. The van der Waals surface area contributed by atoms with Crippen molar-refractivity contribution in [3.05, 3.63) is 33.8 Å². The van der Waals surface area contributed by atoms with Crippen molar-refractivity contribution < 1.29 is 14.6 Å². The number of ether oxygens (including phenoxy) is 1. The maximum atomic E-state index is 10.5. The molecule has 0 spiro atoms. The lowest BCUT2D eigenvalue weighted by molar-refractivity contribution is -0.131. The van der Waals surface area contributed by atoms with Crippen LogP contribution in [0.3, 0.4) is 0 Å². The lowest BCUT2D eigenvalue weighted by Gasteiger charge is -2.11. The van der Waals surface area contributed by atoms with Gasteiger partial charge in [0.05, 0.1) is 11.6 Å². The van der Waals surface area contributed by atoms with Gasteiger partial charge in [0.25, 0.3) is 0 Å². The molecule has 0 saturated heterocycles. The standard InChI is InChI=1S/C13H12Cl2O3/c14-10-5-9(3-4-12(16)17)13(11(15)6-10)18-7-8-1-2-8/h3-6,8H,1-2,7H2,(H,16,17)/b4-3+. The maximum Gasteiger partial charge on any atom is 0.328 e. The highest BCUT2D eigenvalue weighted by molar-refractivity contribution is 6.35. The molecule has 0 heterocycles. The highest BCUT2D eigenvalue weighted by Crippen LogP contribution is 2.36. The van der Waals surface area contributed by atoms with Crippen molar-refractivity contribution in [1.82, 2.24) is 0 Å². The van der Waals surface area contributed by atoms with Crippen LogP contribution < -0.4 is 4.74 Å². The van der Waals surface area contributed by atoms with E-state index in [-0.39, 0.29) is 0 Å². The second kappa shape index (κ2) is 5.63. The molecule has 1 aromatic rings. The van der Waals surface area contributed by atoms with Gasteiger partial charge in [0, 0.05) is 16.7 Å². The molecule has 0 aromatic heterocycles. The van der Waals surface area contributed by atoms with Crippen LogP contribution in [0.1, 0.15) is 18.4 Å². The number of halogens is 2. The minimum absolute atomic E-state index is 0.396. The number of carbonyl (C=O) groups is 1. The summed E-state index contributed by atoms with van der Waals surface area (Å²) in [5.74, 6) is 0.0535. The molecule has 0 bridgehead atoms. The molecule has 1 aliphatic rings. The van der Waals surface area contributed by atoms with Crippen molar-refractivity contribution in [2.24, 2.45) is 5.92 Å². The third kappa shape index (κ3) is 3.65. The average Bonchev–Trinajstić information content (AvgIpc) is 3.08. The molecule has 1 aromatic carbocycles. The predicted molar refractivity (Wildman–Crippen MR) is 71.4 cm³/mol. The van der Waals surface area contributed by atoms with E-state index in [2.05, 4.69) is 0 Å². The highest BCUT2D eigenvalue weighted by atomic mass is 35.5. The fraction of sp³-hybridized carbons (Fsp3) is 0.308. The Labute approximate surface area is 115 Å². The summed E-state index contributed by atoms with van der Waals surface area (Å²) >= 11 is 12.0. The van der Waals surface area contributed by atoms with Crippen molar-refractivity contribution >= 4 is 35.2 Å². The van der Waals surface area contributed by atoms with E-state index in [1.165, 1.54) is 18.9 Å². The molecule has 2 rings (SSSR count). The fourth-order valence-corrected chi connectivity index (χ4v) is 2.07. The van der Waals surface area contributed by atoms with Crippen LogP contribution in [0.15, 0.2) is 18.2 Å². The van der Waals surface area contributed by atoms with Gasteiger partial charge in [0.1, 0.15) is 5.75 Å². The third-order valence-electron chi connectivity index (χ3n) is 2.60. The van der Waals surface area contributed by atoms with Crippen LogP contribution in [0.2, 0.25) is 10.0 Å². The van der Waals surface area contributed by atoms with Crippen LogP contribution in [0.5, 0.6) is 5.75 Å². The molecule has 3 nitrogen and oxygen atoms in total. The quantitative estimate of drug-likeness (QED) is 0.836. The van der Waals surface area contributed by atoms with Gasteiger partial charge < -0.3 is 9.84 Å². The summed E-state index contributed by atoms with van der Waals surface area (Å²) in [6.45, 7) is 0.606. The predicted octanol–water partition coefficient (Wildman–Crippen LogP) is 3.88. The normalized spacial score (nSPS) is 15.0. The van der Waals surface area contributed by atoms with Crippen molar-refractivity contribution in [1.29, 1.82) is 0 Å². The number of hydrogen-bond donors (Lipinski definition) is 1. The van der Waals surface area contributed by atoms with Gasteiger partial charge in [-0.3, -0.25) is 0 Å². The smallest absolute Gasteiger partial charge is 0.328 e. The molecule has 5 heteroatoms. The zero-order chi connectivity index (χ0) is 13.1. The minimum atomic E-state index is -1.03. The number of rotatable bonds is 5. The summed E-state index contributed by atoms with van der Waals surface area (Å²) in [5.41, 5.74) is 0.579. The first-order chi connectivity index (χ1) is 8.56. The fourth-order valence-electron chi connectivity index (χ4n) is 1.50. The number of carboxylic acid groups (broad SMARTS) is 1. The Kier molecular flexibility index (Phi) is 4.15. The second-order valence-corrected chi connectivity index (χ2v) is 5.08. The van der Waals surface area contributed by atoms with Crippen LogP contribution in [0.4, 0.5) is 0 Å². The minimum Gasteiger partial charge on any atom is -0.491 e. The van der Waals surface area contributed by atoms with Gasteiger partial charge in [-0.2, -0.15) is 0 Å². The molecule has 1 N–H and O–H groups in total. The maximum absolute atomic E-state index is 10.5. The van der Waals surface area contributed by atoms with E-state index in [1.54, 1.807) is 12.1 Å². The molecular formula is C13H12Cl2O3. The van der Waals surface area contributed by atoms with Gasteiger partial charge >= 0.3 is 5.97 Å². The Bertz CT molecular complexity index is 493. The molecule has 1 saturated carbocycles. The first-order valence-corrected chi connectivity index (χ1v) is 6.34. The Morgan fingerprint density at radius 3 is 2.78 bits per heavy atom. The lowest BCUT2D eigenvalue weighted by atomic mass is 10.2. The van der Waals surface area contributed by atoms with Gasteiger partial charge in [-0.25, -0.2) is 4.79 Å². The number of hydrogen-bond acceptors (Lipinski definition) is 2. The van der Waals surface area contributed by atoms with Crippen molar-refractivity contribution in [3.8, 4) is 5.75 Å². The summed E-state index contributed by atoms with van der Waals surface area (Å²) < 4.78 is 5.64. The van der Waals surface area contributed by atoms with E-state index in [1.807, 2.05) is 0 Å². The van der Waals surface area contributed by atoms with E-state index in [0.29, 0.717) is 33.9 Å². The van der Waals surface area contributed by atoms with Gasteiger partial charge in [0.2, 0.25) is 0 Å². The Hall–Kier alpha value is -1.19. The molecule has 0 atom stereocenters. The Morgan fingerprint density at radius 1 is 1.44 bits per heavy atom. The van der Waals surface area contributed by atoms with Crippen LogP contribution in [0, 0.1) is 5.92 Å². The van der Waals surface area contributed by atoms with E-state index in [4.69, 9.17) is 33.0 Å². The van der Waals surface area contributed by atoms with Gasteiger partial charge in [-0.1, -0.05) is 23.2 Å². The number of benzene rings is 1. The molecule has 18 heavy (non-hydrogen) atoms. The van der Waals surface area contributed by atoms with Crippen molar-refractivity contribution in [2.45, 2.75) is 12.8 Å². The number of carboxylic acids is 1. The van der Waals surface area contributed by atoms with Crippen LogP contribution in [-0.4, -0.2) is 17.7 Å². The second-order valence-electron chi connectivity index (χ2n) is 4.23. The summed E-state index contributed by atoms with van der Waals surface area (Å²) in [4.78, 5) is 10.5. The number of aliphatic carboxylic acids is 1. The molecule has 1 aliphatic carbocycles. The summed E-state index contributed by atoms with van der Waals surface area (Å²) in [6, 6.07) is 3.22. The van der Waals surface area contributed by atoms with Crippen LogP contribution in [-0.2, 0) is 4.79 Å². The van der Waals surface area contributed by atoms with Crippen LogP contribution in [0.25, 0.3) is 6.08 Å². The zero-order valence-corrected chi connectivity index (χ0v) is 11.0. The van der Waals surface area contributed by atoms with Gasteiger partial charge in [-0.15, -0.1) is 0 Å². The summed E-state index contributed by atoms with van der Waals surface area (Å²) in [5, 5.41) is 9.48. The van der Waals surface area contributed by atoms with Gasteiger partial charge in [0.15, 0.2) is 0 Å². The molecule has 0 radical (unpaired) electrons. The molecule has 0 amide bonds. The van der Waals surface area contributed by atoms with Crippen molar-refractivity contribution in [3.63, 3.8) is 0 Å². The van der Waals surface area contributed by atoms with Crippen LogP contribution >= 0.6 is 23.2 Å². The summed E-state index contributed by atoms with van der Waals surface area (Å²) in [7, 11) is 0. The molecular weight excluding hydrogens is 275 g/mol. The highest BCUT2D eigenvalue weighted by Gasteiger charge is 2.23. The van der Waals surface area contributed by atoms with E-state index in [0.717, 1.165) is 6.08 Å². The lowest BCUT2D eigenvalue weighted by Crippen LogP contribution is -2.01. The van der Waals surface area contributed by atoms with E-state index >= 15 is 0 Å². The van der Waals surface area contributed by atoms with E-state index in [9.17, 15) is 4.79 Å². The first-order valence-electron chi connectivity index (χ1n) is 5.59. The average molecular weight is 287 g/mol. The summed E-state index contributed by atoms with van der Waals surface area (Å²) in [6.07, 6.45) is 4.81. The molecule has 0 aliphatic heterocycles. The zero-order valence-electron chi connectivity index (χ0n) is 9.53. The third-order valence-corrected chi connectivity index (χ3v) is 3.10. The molecule has 0 unspecified atom stereocenters. The first kappa shape index (κ1) is 13.2. The van der Waals surface area contributed by atoms with Crippen molar-refractivity contribution in [2.75, 3.05) is 6.61 Å². The monoisotopic (exact) mass is 286 g/mol. The molecule has 96 valence electrons. The molecule has 1 fully saturated rings. The largest absolute Gasteiger partial charge is 0.491 e. The van der Waals surface area contributed by atoms with Gasteiger partial charge in [-0.05, 0) is 37.0 Å². The Morgan fingerprint density at radius 2 is 2.17 bits per heavy atom. The topological polar surface area (TPSA) is 46.5 Å². The SMILES string of the molecule is O=C(O)/C=C/c1cc(Cl)cc(Cl)c1OCC1CC1. The van der Waals surface area contributed by atoms with E-state index < -0.39 is 5.97 Å².